The highest BCUT2D eigenvalue weighted by Gasteiger charge is 2.26. The largest absolute Gasteiger partial charge is 0.497 e. The molecule has 2 amide bonds. The summed E-state index contributed by atoms with van der Waals surface area (Å²) in [7, 11) is 1.67. The minimum Gasteiger partial charge on any atom is -0.497 e. The van der Waals surface area contributed by atoms with E-state index >= 15 is 0 Å². The molecule has 2 aliphatic rings. The summed E-state index contributed by atoms with van der Waals surface area (Å²) in [6, 6.07) is 16.1. The molecule has 0 radical (unpaired) electrons. The van der Waals surface area contributed by atoms with E-state index in [1.807, 2.05) is 53.1 Å². The van der Waals surface area contributed by atoms with Crippen LogP contribution in [0.4, 0.5) is 5.69 Å². The first-order chi connectivity index (χ1) is 16.0. The van der Waals surface area contributed by atoms with Gasteiger partial charge in [0.1, 0.15) is 5.75 Å². The Morgan fingerprint density at radius 3 is 2.03 bits per heavy atom. The molecule has 0 atom stereocenters. The van der Waals surface area contributed by atoms with Crippen molar-refractivity contribution in [3.8, 4) is 5.75 Å². The Labute approximate surface area is 196 Å². The molecule has 4 rings (SSSR count). The third-order valence-electron chi connectivity index (χ3n) is 6.76. The first kappa shape index (κ1) is 23.1. The van der Waals surface area contributed by atoms with Crippen molar-refractivity contribution in [2.24, 2.45) is 0 Å². The van der Waals surface area contributed by atoms with Gasteiger partial charge in [-0.3, -0.25) is 14.5 Å². The van der Waals surface area contributed by atoms with E-state index in [1.54, 1.807) is 7.11 Å². The Morgan fingerprint density at radius 2 is 1.39 bits per heavy atom. The Morgan fingerprint density at radius 1 is 0.788 bits per heavy atom. The summed E-state index contributed by atoms with van der Waals surface area (Å²) in [5.74, 6) is 1.21. The lowest BCUT2D eigenvalue weighted by molar-refractivity contribution is -0.135. The minimum absolute atomic E-state index is 0.171. The van der Waals surface area contributed by atoms with Crippen molar-refractivity contribution in [2.45, 2.75) is 13.3 Å². The van der Waals surface area contributed by atoms with Crippen LogP contribution in [0, 0.1) is 6.92 Å². The van der Waals surface area contributed by atoms with Gasteiger partial charge in [-0.25, -0.2) is 0 Å². The number of carbonyl (C=O) groups is 2. The van der Waals surface area contributed by atoms with Crippen LogP contribution < -0.4 is 9.64 Å². The average Bonchev–Trinajstić information content (AvgIpc) is 2.86. The van der Waals surface area contributed by atoms with Crippen LogP contribution in [0.5, 0.6) is 5.75 Å². The van der Waals surface area contributed by atoms with Crippen LogP contribution in [0.1, 0.15) is 11.1 Å². The number of carbonyl (C=O) groups excluding carboxylic acids is 2. The molecule has 2 saturated heterocycles. The molecule has 0 aromatic heterocycles. The van der Waals surface area contributed by atoms with Gasteiger partial charge in [-0.15, -0.1) is 0 Å². The van der Waals surface area contributed by atoms with E-state index in [2.05, 4.69) is 21.9 Å². The Balaban J connectivity index is 1.19. The van der Waals surface area contributed by atoms with Gasteiger partial charge in [-0.1, -0.05) is 24.3 Å². The van der Waals surface area contributed by atoms with E-state index in [0.29, 0.717) is 26.1 Å². The number of nitrogens with zero attached hydrogens (tertiary/aromatic N) is 4. The van der Waals surface area contributed by atoms with Gasteiger partial charge in [0.2, 0.25) is 11.8 Å². The fourth-order valence-electron chi connectivity index (χ4n) is 4.54. The maximum absolute atomic E-state index is 12.9. The quantitative estimate of drug-likeness (QED) is 0.674. The van der Waals surface area contributed by atoms with Crippen molar-refractivity contribution < 1.29 is 14.3 Å². The molecule has 2 aromatic carbocycles. The number of benzene rings is 2. The van der Waals surface area contributed by atoms with Gasteiger partial charge in [0.15, 0.2) is 0 Å². The Kier molecular flexibility index (Phi) is 7.50. The molecule has 7 heteroatoms. The fourth-order valence-corrected chi connectivity index (χ4v) is 4.54. The molecule has 7 nitrogen and oxygen atoms in total. The number of rotatable bonds is 6. The van der Waals surface area contributed by atoms with E-state index in [1.165, 1.54) is 0 Å². The Hall–Kier alpha value is -3.06. The molecule has 33 heavy (non-hydrogen) atoms. The number of ether oxygens (including phenoxy) is 1. The van der Waals surface area contributed by atoms with Gasteiger partial charge in [-0.2, -0.15) is 0 Å². The van der Waals surface area contributed by atoms with Crippen LogP contribution >= 0.6 is 0 Å². The highest BCUT2D eigenvalue weighted by molar-refractivity contribution is 5.80. The molecule has 2 fully saturated rings. The zero-order valence-electron chi connectivity index (χ0n) is 19.7. The van der Waals surface area contributed by atoms with Crippen molar-refractivity contribution in [1.82, 2.24) is 14.7 Å². The van der Waals surface area contributed by atoms with E-state index in [9.17, 15) is 9.59 Å². The van der Waals surface area contributed by atoms with E-state index in [-0.39, 0.29) is 11.8 Å². The topological polar surface area (TPSA) is 56.3 Å². The molecular formula is C26H34N4O3. The lowest BCUT2D eigenvalue weighted by Crippen LogP contribution is -2.54. The third kappa shape index (κ3) is 5.85. The van der Waals surface area contributed by atoms with Crippen molar-refractivity contribution in [2.75, 3.05) is 70.9 Å². The van der Waals surface area contributed by atoms with E-state index in [0.717, 1.165) is 61.8 Å². The average molecular weight is 451 g/mol. The maximum atomic E-state index is 12.9. The molecule has 0 saturated carbocycles. The molecule has 176 valence electrons. The van der Waals surface area contributed by atoms with Crippen molar-refractivity contribution >= 4 is 17.5 Å². The predicted molar refractivity (Wildman–Crippen MR) is 130 cm³/mol. The number of piperazine rings is 2. The predicted octanol–water partition coefficient (Wildman–Crippen LogP) is 2.04. The summed E-state index contributed by atoms with van der Waals surface area (Å²) in [6.45, 7) is 8.48. The first-order valence-electron chi connectivity index (χ1n) is 11.7. The SMILES string of the molecule is COc1ccc(N2CCN(C(=O)CN3CCN(C(=O)Cc4ccccc4C)CC3)CC2)cc1. The number of hydrogen-bond donors (Lipinski definition) is 0. The van der Waals surface area contributed by atoms with Gasteiger partial charge in [0, 0.05) is 58.0 Å². The van der Waals surface area contributed by atoms with Crippen molar-refractivity contribution in [1.29, 1.82) is 0 Å². The van der Waals surface area contributed by atoms with Gasteiger partial charge >= 0.3 is 0 Å². The second kappa shape index (κ2) is 10.7. The molecule has 2 aliphatic heterocycles. The molecule has 2 heterocycles. The summed E-state index contributed by atoms with van der Waals surface area (Å²) in [6.07, 6.45) is 0.448. The van der Waals surface area contributed by atoms with Crippen LogP contribution in [0.25, 0.3) is 0 Å². The van der Waals surface area contributed by atoms with Crippen LogP contribution in [-0.4, -0.2) is 92.5 Å². The summed E-state index contributed by atoms with van der Waals surface area (Å²) in [4.78, 5) is 33.9. The number of hydrogen-bond acceptors (Lipinski definition) is 5. The number of aryl methyl sites for hydroxylation is 1. The van der Waals surface area contributed by atoms with Gasteiger partial charge in [0.25, 0.3) is 0 Å². The molecule has 0 aliphatic carbocycles. The highest BCUT2D eigenvalue weighted by atomic mass is 16.5. The van der Waals surface area contributed by atoms with Crippen LogP contribution in [0.3, 0.4) is 0 Å². The van der Waals surface area contributed by atoms with Crippen LogP contribution in [0.15, 0.2) is 48.5 Å². The number of amides is 2. The monoisotopic (exact) mass is 450 g/mol. The van der Waals surface area contributed by atoms with Crippen molar-refractivity contribution in [3.63, 3.8) is 0 Å². The summed E-state index contributed by atoms with van der Waals surface area (Å²) >= 11 is 0. The van der Waals surface area contributed by atoms with Gasteiger partial charge in [0.05, 0.1) is 20.1 Å². The second-order valence-corrected chi connectivity index (χ2v) is 8.83. The molecule has 2 aromatic rings. The normalized spacial score (nSPS) is 17.2. The summed E-state index contributed by atoms with van der Waals surface area (Å²) in [5.41, 5.74) is 3.41. The lowest BCUT2D eigenvalue weighted by Gasteiger charge is -2.38. The molecular weight excluding hydrogens is 416 g/mol. The van der Waals surface area contributed by atoms with E-state index < -0.39 is 0 Å². The lowest BCUT2D eigenvalue weighted by atomic mass is 10.1. The fraction of sp³-hybridized carbons (Fsp3) is 0.462. The third-order valence-corrected chi connectivity index (χ3v) is 6.76. The standard InChI is InChI=1S/C26H34N4O3/c1-21-5-3-4-6-22(21)19-25(31)29-13-11-27(12-14-29)20-26(32)30-17-15-28(16-18-30)23-7-9-24(33-2)10-8-23/h3-10H,11-20H2,1-2H3. The minimum atomic E-state index is 0.171. The van der Waals surface area contributed by atoms with Crippen LogP contribution in [-0.2, 0) is 16.0 Å². The maximum Gasteiger partial charge on any atom is 0.236 e. The zero-order chi connectivity index (χ0) is 23.2. The molecule has 0 bridgehead atoms. The molecule has 0 unspecified atom stereocenters. The smallest absolute Gasteiger partial charge is 0.236 e. The molecule has 0 spiro atoms. The van der Waals surface area contributed by atoms with Gasteiger partial charge < -0.3 is 19.4 Å². The summed E-state index contributed by atoms with van der Waals surface area (Å²) < 4.78 is 5.23. The number of anilines is 1. The van der Waals surface area contributed by atoms with Gasteiger partial charge in [-0.05, 0) is 42.3 Å². The molecule has 0 N–H and O–H groups in total. The first-order valence-corrected chi connectivity index (χ1v) is 11.7. The summed E-state index contributed by atoms with van der Waals surface area (Å²) in [5, 5.41) is 0. The van der Waals surface area contributed by atoms with Crippen LogP contribution in [0.2, 0.25) is 0 Å². The second-order valence-electron chi connectivity index (χ2n) is 8.83. The zero-order valence-corrected chi connectivity index (χ0v) is 19.7. The van der Waals surface area contributed by atoms with Crippen molar-refractivity contribution in [3.05, 3.63) is 59.7 Å². The van der Waals surface area contributed by atoms with E-state index in [4.69, 9.17) is 4.74 Å². The Bertz CT molecular complexity index is 946. The number of methoxy groups -OCH3 is 1. The highest BCUT2D eigenvalue weighted by Crippen LogP contribution is 2.20.